The molecule has 1 heterocycles. The van der Waals surface area contributed by atoms with Crippen molar-refractivity contribution in [3.63, 3.8) is 0 Å². The van der Waals surface area contributed by atoms with E-state index in [1.165, 1.54) is 0 Å². The van der Waals surface area contributed by atoms with Gasteiger partial charge in [0.25, 0.3) is 0 Å². The molecular formula is C18H24N2O2. The molecule has 1 saturated carbocycles. The van der Waals surface area contributed by atoms with Gasteiger partial charge in [0.2, 0.25) is 11.8 Å². The van der Waals surface area contributed by atoms with Gasteiger partial charge in [-0.1, -0.05) is 20.3 Å². The Morgan fingerprint density at radius 3 is 2.73 bits per heavy atom. The summed E-state index contributed by atoms with van der Waals surface area (Å²) in [6.07, 6.45) is 4.49. The minimum absolute atomic E-state index is 0.136. The molecule has 0 spiro atoms. The second-order valence-electron chi connectivity index (χ2n) is 6.86. The largest absolute Gasteiger partial charge is 0.326 e. The fourth-order valence-electron chi connectivity index (χ4n) is 3.12. The molecule has 3 rings (SSSR count). The minimum Gasteiger partial charge on any atom is -0.326 e. The summed E-state index contributed by atoms with van der Waals surface area (Å²) < 4.78 is 0. The van der Waals surface area contributed by atoms with Crippen LogP contribution in [0.25, 0.3) is 0 Å². The average Bonchev–Trinajstić information content (AvgIpc) is 2.39. The van der Waals surface area contributed by atoms with E-state index in [2.05, 4.69) is 19.2 Å². The first-order valence-electron chi connectivity index (χ1n) is 8.28. The van der Waals surface area contributed by atoms with E-state index in [0.29, 0.717) is 12.3 Å². The lowest BCUT2D eigenvalue weighted by molar-refractivity contribution is -0.122. The van der Waals surface area contributed by atoms with Gasteiger partial charge in [-0.2, -0.15) is 0 Å². The van der Waals surface area contributed by atoms with Gasteiger partial charge in [-0.25, -0.2) is 0 Å². The van der Waals surface area contributed by atoms with Crippen LogP contribution in [0.15, 0.2) is 18.2 Å². The Hall–Kier alpha value is -1.84. The lowest BCUT2D eigenvalue weighted by Gasteiger charge is -2.31. The SMILES string of the molecule is CC(C)CN1C(=O)CCc2cc(NC(=O)C3CCC3)ccc21. The van der Waals surface area contributed by atoms with Gasteiger partial charge in [0.05, 0.1) is 0 Å². The number of hydrogen-bond donors (Lipinski definition) is 1. The molecule has 4 heteroatoms. The number of fused-ring (bicyclic) bond motifs is 1. The first-order valence-corrected chi connectivity index (χ1v) is 8.28. The summed E-state index contributed by atoms with van der Waals surface area (Å²) >= 11 is 0. The number of nitrogens with one attached hydrogen (secondary N) is 1. The van der Waals surface area contributed by atoms with Crippen LogP contribution in [-0.2, 0) is 16.0 Å². The van der Waals surface area contributed by atoms with Crippen molar-refractivity contribution >= 4 is 23.2 Å². The fraction of sp³-hybridized carbons (Fsp3) is 0.556. The third-order valence-corrected chi connectivity index (χ3v) is 4.57. The first-order chi connectivity index (χ1) is 10.5. The number of carbonyl (C=O) groups excluding carboxylic acids is 2. The van der Waals surface area contributed by atoms with Crippen molar-refractivity contribution in [2.24, 2.45) is 11.8 Å². The fourth-order valence-corrected chi connectivity index (χ4v) is 3.12. The van der Waals surface area contributed by atoms with E-state index < -0.39 is 0 Å². The lowest BCUT2D eigenvalue weighted by atomic mass is 9.85. The number of amides is 2. The van der Waals surface area contributed by atoms with Crippen LogP contribution in [0, 0.1) is 11.8 Å². The predicted octanol–water partition coefficient (Wildman–Crippen LogP) is 3.36. The Morgan fingerprint density at radius 2 is 2.09 bits per heavy atom. The average molecular weight is 300 g/mol. The highest BCUT2D eigenvalue weighted by Crippen LogP contribution is 2.32. The summed E-state index contributed by atoms with van der Waals surface area (Å²) in [5.41, 5.74) is 3.02. The van der Waals surface area contributed by atoms with Crippen LogP contribution < -0.4 is 10.2 Å². The number of hydrogen-bond acceptors (Lipinski definition) is 2. The normalized spacial score (nSPS) is 18.1. The molecule has 0 atom stereocenters. The number of anilines is 2. The molecule has 2 aliphatic rings. The molecule has 1 aromatic carbocycles. The van der Waals surface area contributed by atoms with Gasteiger partial charge in [-0.05, 0) is 48.9 Å². The maximum atomic E-state index is 12.1. The van der Waals surface area contributed by atoms with Crippen LogP contribution in [0.4, 0.5) is 11.4 Å². The van der Waals surface area contributed by atoms with Crippen molar-refractivity contribution < 1.29 is 9.59 Å². The Labute approximate surface area is 131 Å². The van der Waals surface area contributed by atoms with Crippen LogP contribution in [0.1, 0.15) is 45.1 Å². The van der Waals surface area contributed by atoms with E-state index >= 15 is 0 Å². The maximum absolute atomic E-state index is 12.1. The maximum Gasteiger partial charge on any atom is 0.227 e. The molecule has 1 N–H and O–H groups in total. The number of nitrogens with zero attached hydrogens (tertiary/aromatic N) is 1. The van der Waals surface area contributed by atoms with Crippen LogP contribution >= 0.6 is 0 Å². The Kier molecular flexibility index (Phi) is 4.19. The van der Waals surface area contributed by atoms with Crippen LogP contribution in [-0.4, -0.2) is 18.4 Å². The van der Waals surface area contributed by atoms with E-state index in [1.54, 1.807) is 0 Å². The number of rotatable bonds is 4. The van der Waals surface area contributed by atoms with E-state index in [4.69, 9.17) is 0 Å². The van der Waals surface area contributed by atoms with Crippen LogP contribution in [0.2, 0.25) is 0 Å². The van der Waals surface area contributed by atoms with Crippen LogP contribution in [0.3, 0.4) is 0 Å². The van der Waals surface area contributed by atoms with Gasteiger partial charge in [0.1, 0.15) is 0 Å². The molecule has 0 aromatic heterocycles. The molecule has 4 nitrogen and oxygen atoms in total. The molecule has 1 aliphatic heterocycles. The highest BCUT2D eigenvalue weighted by molar-refractivity contribution is 5.98. The minimum atomic E-state index is 0.136. The van der Waals surface area contributed by atoms with Crippen molar-refractivity contribution in [1.29, 1.82) is 0 Å². The second kappa shape index (κ2) is 6.11. The highest BCUT2D eigenvalue weighted by Gasteiger charge is 2.27. The molecule has 22 heavy (non-hydrogen) atoms. The molecule has 0 bridgehead atoms. The second-order valence-corrected chi connectivity index (χ2v) is 6.86. The standard InChI is InChI=1S/C18H24N2O2/c1-12(2)11-20-16-8-7-15(10-14(16)6-9-17(20)21)19-18(22)13-4-3-5-13/h7-8,10,12-13H,3-6,9,11H2,1-2H3,(H,19,22). The summed E-state index contributed by atoms with van der Waals surface area (Å²) in [7, 11) is 0. The lowest BCUT2D eigenvalue weighted by Crippen LogP contribution is -2.37. The molecule has 2 amide bonds. The van der Waals surface area contributed by atoms with E-state index in [0.717, 1.165) is 49.2 Å². The number of carbonyl (C=O) groups is 2. The number of aryl methyl sites for hydroxylation is 1. The molecular weight excluding hydrogens is 276 g/mol. The summed E-state index contributed by atoms with van der Waals surface area (Å²) in [6, 6.07) is 5.93. The molecule has 118 valence electrons. The zero-order chi connectivity index (χ0) is 15.7. The van der Waals surface area contributed by atoms with Crippen molar-refractivity contribution in [1.82, 2.24) is 0 Å². The monoisotopic (exact) mass is 300 g/mol. The van der Waals surface area contributed by atoms with Gasteiger partial charge in [0.15, 0.2) is 0 Å². The van der Waals surface area contributed by atoms with Crippen LogP contribution in [0.5, 0.6) is 0 Å². The summed E-state index contributed by atoms with van der Waals surface area (Å²) in [6.45, 7) is 4.99. The molecule has 1 aromatic rings. The highest BCUT2D eigenvalue weighted by atomic mass is 16.2. The first kappa shape index (κ1) is 15.1. The third-order valence-electron chi connectivity index (χ3n) is 4.57. The van der Waals surface area contributed by atoms with Crippen molar-refractivity contribution in [2.45, 2.75) is 46.0 Å². The van der Waals surface area contributed by atoms with Gasteiger partial charge in [-0.15, -0.1) is 0 Å². The molecule has 1 aliphatic carbocycles. The van der Waals surface area contributed by atoms with Crippen molar-refractivity contribution in [2.75, 3.05) is 16.8 Å². The van der Waals surface area contributed by atoms with E-state index in [9.17, 15) is 9.59 Å². The molecule has 0 radical (unpaired) electrons. The topological polar surface area (TPSA) is 49.4 Å². The van der Waals surface area contributed by atoms with Crippen molar-refractivity contribution in [3.8, 4) is 0 Å². The summed E-state index contributed by atoms with van der Waals surface area (Å²) in [5.74, 6) is 0.965. The molecule has 1 fully saturated rings. The van der Waals surface area contributed by atoms with Gasteiger partial charge in [-0.3, -0.25) is 9.59 Å². The third kappa shape index (κ3) is 3.01. The Morgan fingerprint density at radius 1 is 1.32 bits per heavy atom. The van der Waals surface area contributed by atoms with E-state index in [1.807, 2.05) is 23.1 Å². The molecule has 0 unspecified atom stereocenters. The zero-order valence-corrected chi connectivity index (χ0v) is 13.4. The summed E-state index contributed by atoms with van der Waals surface area (Å²) in [5, 5.41) is 3.02. The van der Waals surface area contributed by atoms with E-state index in [-0.39, 0.29) is 17.7 Å². The number of benzene rings is 1. The van der Waals surface area contributed by atoms with Gasteiger partial charge < -0.3 is 10.2 Å². The van der Waals surface area contributed by atoms with Gasteiger partial charge >= 0.3 is 0 Å². The predicted molar refractivity (Wildman–Crippen MR) is 87.9 cm³/mol. The van der Waals surface area contributed by atoms with Crippen molar-refractivity contribution in [3.05, 3.63) is 23.8 Å². The quantitative estimate of drug-likeness (QED) is 0.927. The Balaban J connectivity index is 1.77. The van der Waals surface area contributed by atoms with Gasteiger partial charge in [0, 0.05) is 30.3 Å². The molecule has 0 saturated heterocycles. The zero-order valence-electron chi connectivity index (χ0n) is 13.4. The Bertz CT molecular complexity index is 591. The summed E-state index contributed by atoms with van der Waals surface area (Å²) in [4.78, 5) is 26.1. The smallest absolute Gasteiger partial charge is 0.227 e.